The lowest BCUT2D eigenvalue weighted by Gasteiger charge is -2.02. The molecule has 0 unspecified atom stereocenters. The van der Waals surface area contributed by atoms with Crippen molar-refractivity contribution in [1.82, 2.24) is 4.57 Å². The Balaban J connectivity index is 1.74. The molecule has 0 spiro atoms. The normalized spacial score (nSPS) is 11.2. The summed E-state index contributed by atoms with van der Waals surface area (Å²) in [4.78, 5) is 11.8. The molecule has 1 N–H and O–H groups in total. The van der Waals surface area contributed by atoms with Crippen molar-refractivity contribution in [1.29, 1.82) is 0 Å². The van der Waals surface area contributed by atoms with Crippen LogP contribution in [0.25, 0.3) is 10.9 Å². The molecule has 2 aromatic carbocycles. The topological polar surface area (TPSA) is 76.2 Å². The summed E-state index contributed by atoms with van der Waals surface area (Å²) in [7, 11) is 1.72. The van der Waals surface area contributed by atoms with E-state index in [9.17, 15) is 9.90 Å². The molecule has 0 aliphatic rings. The summed E-state index contributed by atoms with van der Waals surface area (Å²) in [5, 5.41) is 18.4. The van der Waals surface area contributed by atoms with Crippen LogP contribution >= 0.6 is 15.9 Å². The van der Waals surface area contributed by atoms with Gasteiger partial charge in [-0.1, -0.05) is 40.2 Å². The number of hydrogen-bond acceptors (Lipinski definition) is 4. The van der Waals surface area contributed by atoms with E-state index in [-0.39, 0.29) is 18.2 Å². The number of para-hydroxylation sites is 1. The van der Waals surface area contributed by atoms with Crippen molar-refractivity contribution >= 4 is 38.4 Å². The van der Waals surface area contributed by atoms with Crippen molar-refractivity contribution in [2.45, 2.75) is 0 Å². The maximum atomic E-state index is 11.8. The number of ether oxygens (including phenoxy) is 1. The Morgan fingerprint density at radius 1 is 1.25 bits per heavy atom. The van der Waals surface area contributed by atoms with Crippen LogP contribution < -0.4 is 4.74 Å². The molecule has 1 amide bonds. The number of aryl methyl sites for hydroxylation is 1. The highest BCUT2D eigenvalue weighted by atomic mass is 79.9. The zero-order chi connectivity index (χ0) is 17.1. The van der Waals surface area contributed by atoms with E-state index in [1.54, 1.807) is 29.8 Å². The Labute approximate surface area is 146 Å². The number of hydrogen-bond donors (Lipinski definition) is 1. The molecule has 0 aliphatic carbocycles. The molecule has 0 aliphatic heterocycles. The predicted octanol–water partition coefficient (Wildman–Crippen LogP) is 4.34. The lowest BCUT2D eigenvalue weighted by molar-refractivity contribution is -0.120. The Kier molecular flexibility index (Phi) is 4.61. The summed E-state index contributed by atoms with van der Waals surface area (Å²) in [6.07, 6.45) is 0. The molecule has 0 saturated heterocycles. The van der Waals surface area contributed by atoms with Crippen molar-refractivity contribution in [3.63, 3.8) is 0 Å². The highest BCUT2D eigenvalue weighted by Crippen LogP contribution is 2.37. The molecule has 1 heterocycles. The van der Waals surface area contributed by atoms with Crippen LogP contribution in [0.3, 0.4) is 0 Å². The minimum absolute atomic E-state index is 0.0411. The highest BCUT2D eigenvalue weighted by molar-refractivity contribution is 9.10. The van der Waals surface area contributed by atoms with Crippen LogP contribution in [-0.2, 0) is 11.8 Å². The van der Waals surface area contributed by atoms with Crippen LogP contribution in [0.5, 0.6) is 11.6 Å². The van der Waals surface area contributed by atoms with Crippen molar-refractivity contribution in [2.24, 2.45) is 17.3 Å². The number of rotatable bonds is 4. The fraction of sp³-hybridized carbons (Fsp3) is 0.118. The molecule has 1 aromatic heterocycles. The highest BCUT2D eigenvalue weighted by Gasteiger charge is 2.14. The lowest BCUT2D eigenvalue weighted by Crippen LogP contribution is -2.07. The van der Waals surface area contributed by atoms with E-state index >= 15 is 0 Å². The smallest absolute Gasteiger partial charge is 0.302 e. The van der Waals surface area contributed by atoms with Crippen molar-refractivity contribution in [3.8, 4) is 11.6 Å². The lowest BCUT2D eigenvalue weighted by atomic mass is 10.2. The quantitative estimate of drug-likeness (QED) is 0.676. The van der Waals surface area contributed by atoms with E-state index in [1.165, 1.54) is 0 Å². The van der Waals surface area contributed by atoms with Crippen LogP contribution in [0.1, 0.15) is 0 Å². The second-order valence-electron chi connectivity index (χ2n) is 5.09. The molecule has 7 heteroatoms. The first-order chi connectivity index (χ1) is 11.6. The van der Waals surface area contributed by atoms with Gasteiger partial charge < -0.3 is 14.4 Å². The number of azo groups is 1. The van der Waals surface area contributed by atoms with E-state index in [0.29, 0.717) is 5.75 Å². The molecule has 24 heavy (non-hydrogen) atoms. The van der Waals surface area contributed by atoms with Crippen LogP contribution in [0.15, 0.2) is 63.2 Å². The molecule has 0 fully saturated rings. The van der Waals surface area contributed by atoms with E-state index in [0.717, 1.165) is 15.4 Å². The molecule has 3 rings (SSSR count). The van der Waals surface area contributed by atoms with Gasteiger partial charge in [-0.2, -0.15) is 0 Å². The van der Waals surface area contributed by atoms with Gasteiger partial charge in [0.2, 0.25) is 5.88 Å². The average Bonchev–Trinajstić information content (AvgIpc) is 2.83. The van der Waals surface area contributed by atoms with Gasteiger partial charge in [0.15, 0.2) is 12.3 Å². The van der Waals surface area contributed by atoms with Gasteiger partial charge in [0.25, 0.3) is 0 Å². The Bertz CT molecular complexity index is 934. The predicted molar refractivity (Wildman–Crippen MR) is 93.7 cm³/mol. The van der Waals surface area contributed by atoms with Gasteiger partial charge in [0.1, 0.15) is 5.75 Å². The SMILES string of the molecule is Cn1c(O)c(N=NC(=O)COc2cccc(Br)c2)c2ccccc21. The van der Waals surface area contributed by atoms with Crippen LogP contribution in [-0.4, -0.2) is 22.2 Å². The van der Waals surface area contributed by atoms with E-state index in [4.69, 9.17) is 4.74 Å². The van der Waals surface area contributed by atoms with E-state index in [1.807, 2.05) is 30.3 Å². The van der Waals surface area contributed by atoms with Gasteiger partial charge in [-0.05, 0) is 24.3 Å². The zero-order valence-corrected chi connectivity index (χ0v) is 14.4. The number of carbonyl (C=O) groups excluding carboxylic acids is 1. The maximum absolute atomic E-state index is 11.8. The summed E-state index contributed by atoms with van der Waals surface area (Å²) in [5.41, 5.74) is 1.07. The van der Waals surface area contributed by atoms with Gasteiger partial charge in [-0.3, -0.25) is 4.79 Å². The summed E-state index contributed by atoms with van der Waals surface area (Å²) in [6.45, 7) is -0.231. The molecule has 6 nitrogen and oxygen atoms in total. The van der Waals surface area contributed by atoms with Crippen LogP contribution in [0, 0.1) is 0 Å². The molecule has 0 bridgehead atoms. The van der Waals surface area contributed by atoms with Gasteiger partial charge in [0.05, 0.1) is 5.52 Å². The second kappa shape index (κ2) is 6.84. The summed E-state index contributed by atoms with van der Waals surface area (Å²) >= 11 is 3.33. The minimum atomic E-state index is -0.540. The molecule has 122 valence electrons. The van der Waals surface area contributed by atoms with Gasteiger partial charge in [0, 0.05) is 16.9 Å². The third kappa shape index (κ3) is 3.30. The van der Waals surface area contributed by atoms with Gasteiger partial charge in [-0.25, -0.2) is 0 Å². The molecule has 0 saturated carbocycles. The molecule has 0 radical (unpaired) electrons. The molecular weight excluding hydrogens is 374 g/mol. The van der Waals surface area contributed by atoms with Gasteiger partial charge in [-0.15, -0.1) is 10.2 Å². The number of carbonyl (C=O) groups is 1. The van der Waals surface area contributed by atoms with Crippen LogP contribution in [0.2, 0.25) is 0 Å². The first-order valence-corrected chi connectivity index (χ1v) is 7.95. The van der Waals surface area contributed by atoms with Crippen LogP contribution in [0.4, 0.5) is 5.69 Å². The number of benzene rings is 2. The number of aromatic nitrogens is 1. The first-order valence-electron chi connectivity index (χ1n) is 7.15. The number of nitrogens with zero attached hydrogens (tertiary/aromatic N) is 3. The largest absolute Gasteiger partial charge is 0.493 e. The van der Waals surface area contributed by atoms with Crippen molar-refractivity contribution < 1.29 is 14.6 Å². The van der Waals surface area contributed by atoms with E-state index < -0.39 is 5.91 Å². The van der Waals surface area contributed by atoms with Crippen molar-refractivity contribution in [3.05, 3.63) is 53.0 Å². The molecule has 3 aromatic rings. The van der Waals surface area contributed by atoms with E-state index in [2.05, 4.69) is 26.2 Å². The average molecular weight is 388 g/mol. The number of fused-ring (bicyclic) bond motifs is 1. The summed E-state index contributed by atoms with van der Waals surface area (Å²) in [6, 6.07) is 14.5. The summed E-state index contributed by atoms with van der Waals surface area (Å²) < 4.78 is 7.80. The molecule has 0 atom stereocenters. The third-order valence-corrected chi connectivity index (χ3v) is 3.96. The van der Waals surface area contributed by atoms with Gasteiger partial charge >= 0.3 is 5.91 Å². The Hall–Kier alpha value is -2.67. The standard InChI is InChI=1S/C17H14BrN3O3/c1-21-14-8-3-2-7-13(14)16(17(21)23)20-19-15(22)10-24-12-6-4-5-11(18)9-12/h2-9,23H,10H2,1H3. The second-order valence-corrected chi connectivity index (χ2v) is 6.00. The number of amides is 1. The number of halogens is 1. The first kappa shape index (κ1) is 16.2. The number of aromatic hydroxyl groups is 1. The van der Waals surface area contributed by atoms with Crippen molar-refractivity contribution in [2.75, 3.05) is 6.61 Å². The summed E-state index contributed by atoms with van der Waals surface area (Å²) in [5.74, 6) is -0.0242. The Morgan fingerprint density at radius 3 is 2.83 bits per heavy atom. The Morgan fingerprint density at radius 2 is 2.04 bits per heavy atom. The zero-order valence-electron chi connectivity index (χ0n) is 12.8. The fourth-order valence-corrected chi connectivity index (χ4v) is 2.67. The molecular formula is C17H14BrN3O3. The fourth-order valence-electron chi connectivity index (χ4n) is 2.29. The third-order valence-electron chi connectivity index (χ3n) is 3.47. The maximum Gasteiger partial charge on any atom is 0.302 e. The minimum Gasteiger partial charge on any atom is -0.493 e. The monoisotopic (exact) mass is 387 g/mol.